The monoisotopic (exact) mass is 288 g/mol. The number of aromatic nitrogens is 1. The summed E-state index contributed by atoms with van der Waals surface area (Å²) in [5.74, 6) is -0.200. The Bertz CT molecular complexity index is 435. The van der Waals surface area contributed by atoms with Gasteiger partial charge in [0.25, 0.3) is 0 Å². The SMILES string of the molecule is Cl.Cl.Fc1ccc(CNCc2ccccn2)cc1. The second kappa shape index (κ2) is 8.86. The average molecular weight is 289 g/mol. The highest BCUT2D eigenvalue weighted by Crippen LogP contribution is 2.02. The van der Waals surface area contributed by atoms with Gasteiger partial charge in [-0.25, -0.2) is 4.39 Å². The van der Waals surface area contributed by atoms with E-state index in [1.165, 1.54) is 12.1 Å². The van der Waals surface area contributed by atoms with Crippen molar-refractivity contribution in [2.75, 3.05) is 0 Å². The second-order valence-corrected chi connectivity index (χ2v) is 3.55. The number of benzene rings is 1. The third-order valence-corrected chi connectivity index (χ3v) is 2.27. The topological polar surface area (TPSA) is 24.9 Å². The molecular weight excluding hydrogens is 274 g/mol. The Labute approximate surface area is 118 Å². The Kier molecular flexibility index (Phi) is 8.29. The van der Waals surface area contributed by atoms with Gasteiger partial charge in [0.15, 0.2) is 0 Å². The van der Waals surface area contributed by atoms with Crippen LogP contribution in [0, 0.1) is 5.82 Å². The van der Waals surface area contributed by atoms with E-state index in [1.54, 1.807) is 18.3 Å². The van der Waals surface area contributed by atoms with Crippen LogP contribution < -0.4 is 5.32 Å². The molecule has 1 aromatic carbocycles. The summed E-state index contributed by atoms with van der Waals surface area (Å²) in [4.78, 5) is 4.20. The minimum absolute atomic E-state index is 0. The Morgan fingerprint density at radius 3 is 2.28 bits per heavy atom. The maximum atomic E-state index is 12.6. The molecule has 0 saturated carbocycles. The molecule has 0 radical (unpaired) electrons. The molecule has 0 aliphatic heterocycles. The number of halogens is 3. The molecule has 0 fully saturated rings. The Morgan fingerprint density at radius 2 is 1.67 bits per heavy atom. The van der Waals surface area contributed by atoms with Gasteiger partial charge >= 0.3 is 0 Å². The number of nitrogens with one attached hydrogen (secondary N) is 1. The van der Waals surface area contributed by atoms with Crippen molar-refractivity contribution in [3.63, 3.8) is 0 Å². The molecule has 0 spiro atoms. The highest BCUT2D eigenvalue weighted by atomic mass is 35.5. The predicted octanol–water partition coefficient (Wildman–Crippen LogP) is 3.35. The lowest BCUT2D eigenvalue weighted by Crippen LogP contribution is -2.13. The van der Waals surface area contributed by atoms with Crippen LogP contribution in [0.5, 0.6) is 0 Å². The van der Waals surface area contributed by atoms with E-state index in [0.29, 0.717) is 0 Å². The average Bonchev–Trinajstić information content (AvgIpc) is 2.33. The first-order valence-corrected chi connectivity index (χ1v) is 5.20. The molecule has 1 heterocycles. The van der Waals surface area contributed by atoms with E-state index in [9.17, 15) is 4.39 Å². The second-order valence-electron chi connectivity index (χ2n) is 3.55. The van der Waals surface area contributed by atoms with Crippen LogP contribution in [0.15, 0.2) is 48.7 Å². The summed E-state index contributed by atoms with van der Waals surface area (Å²) < 4.78 is 12.6. The van der Waals surface area contributed by atoms with Crippen molar-refractivity contribution in [2.24, 2.45) is 0 Å². The maximum absolute atomic E-state index is 12.6. The van der Waals surface area contributed by atoms with Gasteiger partial charge in [0.1, 0.15) is 5.82 Å². The van der Waals surface area contributed by atoms with Gasteiger partial charge in [-0.3, -0.25) is 4.98 Å². The van der Waals surface area contributed by atoms with Crippen LogP contribution >= 0.6 is 24.8 Å². The fourth-order valence-corrected chi connectivity index (χ4v) is 1.44. The van der Waals surface area contributed by atoms with Crippen molar-refractivity contribution in [3.8, 4) is 0 Å². The Hall–Kier alpha value is -1.16. The van der Waals surface area contributed by atoms with Crippen molar-refractivity contribution in [2.45, 2.75) is 13.1 Å². The van der Waals surface area contributed by atoms with E-state index < -0.39 is 0 Å². The molecule has 0 atom stereocenters. The first kappa shape index (κ1) is 16.8. The molecule has 2 aromatic rings. The zero-order chi connectivity index (χ0) is 11.2. The summed E-state index contributed by atoms with van der Waals surface area (Å²) in [6.45, 7) is 1.44. The molecule has 0 aliphatic rings. The number of rotatable bonds is 4. The van der Waals surface area contributed by atoms with Crippen LogP contribution in [0.2, 0.25) is 0 Å². The Morgan fingerprint density at radius 1 is 0.944 bits per heavy atom. The number of pyridine rings is 1. The lowest BCUT2D eigenvalue weighted by atomic mass is 10.2. The van der Waals surface area contributed by atoms with Gasteiger partial charge in [0, 0.05) is 19.3 Å². The summed E-state index contributed by atoms with van der Waals surface area (Å²) in [6.07, 6.45) is 1.77. The fourth-order valence-electron chi connectivity index (χ4n) is 1.44. The van der Waals surface area contributed by atoms with Crippen molar-refractivity contribution < 1.29 is 4.39 Å². The van der Waals surface area contributed by atoms with Crippen molar-refractivity contribution in [1.29, 1.82) is 0 Å². The van der Waals surface area contributed by atoms with Gasteiger partial charge in [0.05, 0.1) is 5.69 Å². The van der Waals surface area contributed by atoms with E-state index in [-0.39, 0.29) is 30.6 Å². The molecule has 0 unspecified atom stereocenters. The zero-order valence-corrected chi connectivity index (χ0v) is 11.3. The molecule has 2 nitrogen and oxygen atoms in total. The van der Waals surface area contributed by atoms with Gasteiger partial charge in [-0.2, -0.15) is 0 Å². The third kappa shape index (κ3) is 5.45. The smallest absolute Gasteiger partial charge is 0.123 e. The van der Waals surface area contributed by atoms with Gasteiger partial charge < -0.3 is 5.32 Å². The molecule has 0 aliphatic carbocycles. The van der Waals surface area contributed by atoms with Crippen LogP contribution in [0.3, 0.4) is 0 Å². The first-order chi connectivity index (χ1) is 7.84. The molecule has 18 heavy (non-hydrogen) atoms. The van der Waals surface area contributed by atoms with Crippen molar-refractivity contribution in [1.82, 2.24) is 10.3 Å². The number of hydrogen-bond donors (Lipinski definition) is 1. The van der Waals surface area contributed by atoms with Crippen molar-refractivity contribution >= 4 is 24.8 Å². The molecule has 5 heteroatoms. The Balaban J connectivity index is 0.00000144. The fraction of sp³-hybridized carbons (Fsp3) is 0.154. The van der Waals surface area contributed by atoms with Crippen LogP contribution in [0.4, 0.5) is 4.39 Å². The summed E-state index contributed by atoms with van der Waals surface area (Å²) in [5.41, 5.74) is 2.07. The van der Waals surface area contributed by atoms with Crippen LogP contribution in [-0.4, -0.2) is 4.98 Å². The largest absolute Gasteiger partial charge is 0.307 e. The summed E-state index contributed by atoms with van der Waals surface area (Å²) in [6, 6.07) is 12.3. The van der Waals surface area contributed by atoms with E-state index in [4.69, 9.17) is 0 Å². The number of nitrogens with zero attached hydrogens (tertiary/aromatic N) is 1. The van der Waals surface area contributed by atoms with Crippen LogP contribution in [-0.2, 0) is 13.1 Å². The summed E-state index contributed by atoms with van der Waals surface area (Å²) in [7, 11) is 0. The quantitative estimate of drug-likeness (QED) is 0.933. The van der Waals surface area contributed by atoms with E-state index in [0.717, 1.165) is 24.3 Å². The molecule has 0 bridgehead atoms. The third-order valence-electron chi connectivity index (χ3n) is 2.27. The first-order valence-electron chi connectivity index (χ1n) is 5.20. The minimum Gasteiger partial charge on any atom is -0.307 e. The van der Waals surface area contributed by atoms with E-state index in [1.807, 2.05) is 18.2 Å². The zero-order valence-electron chi connectivity index (χ0n) is 9.67. The van der Waals surface area contributed by atoms with Gasteiger partial charge in [-0.1, -0.05) is 18.2 Å². The standard InChI is InChI=1S/C13H13FN2.2ClH/c14-12-6-4-11(5-7-12)9-15-10-13-3-1-2-8-16-13;;/h1-8,15H,9-10H2;2*1H. The molecular formula is C13H15Cl2FN2. The van der Waals surface area contributed by atoms with Gasteiger partial charge in [-0.15, -0.1) is 24.8 Å². The molecule has 98 valence electrons. The predicted molar refractivity (Wildman–Crippen MR) is 75.7 cm³/mol. The molecule has 2 rings (SSSR count). The van der Waals surface area contributed by atoms with E-state index in [2.05, 4.69) is 10.3 Å². The highest BCUT2D eigenvalue weighted by molar-refractivity contribution is 5.85. The summed E-state index contributed by atoms with van der Waals surface area (Å²) in [5, 5.41) is 3.25. The molecule has 1 aromatic heterocycles. The highest BCUT2D eigenvalue weighted by Gasteiger charge is 1.95. The lowest BCUT2D eigenvalue weighted by molar-refractivity contribution is 0.624. The van der Waals surface area contributed by atoms with E-state index >= 15 is 0 Å². The lowest BCUT2D eigenvalue weighted by Gasteiger charge is -2.04. The normalized spacial score (nSPS) is 9.17. The maximum Gasteiger partial charge on any atom is 0.123 e. The molecule has 1 N–H and O–H groups in total. The van der Waals surface area contributed by atoms with Crippen LogP contribution in [0.25, 0.3) is 0 Å². The molecule has 0 saturated heterocycles. The minimum atomic E-state index is -0.200. The van der Waals surface area contributed by atoms with Crippen molar-refractivity contribution in [3.05, 3.63) is 65.7 Å². The van der Waals surface area contributed by atoms with Crippen LogP contribution in [0.1, 0.15) is 11.3 Å². The number of hydrogen-bond acceptors (Lipinski definition) is 2. The van der Waals surface area contributed by atoms with Gasteiger partial charge in [-0.05, 0) is 29.8 Å². The van der Waals surface area contributed by atoms with Gasteiger partial charge in [0.2, 0.25) is 0 Å². The molecule has 0 amide bonds. The summed E-state index contributed by atoms with van der Waals surface area (Å²) >= 11 is 0.